The van der Waals surface area contributed by atoms with E-state index in [1.165, 1.54) is 42.2 Å². The first-order chi connectivity index (χ1) is 12.6. The van der Waals surface area contributed by atoms with Crippen molar-refractivity contribution >= 4 is 11.8 Å². The van der Waals surface area contributed by atoms with E-state index in [0.29, 0.717) is 12.6 Å². The number of benzene rings is 2. The Morgan fingerprint density at radius 2 is 1.88 bits per heavy atom. The zero-order valence-corrected chi connectivity index (χ0v) is 16.3. The van der Waals surface area contributed by atoms with Crippen molar-refractivity contribution in [3.8, 4) is 5.75 Å². The third-order valence-corrected chi connectivity index (χ3v) is 6.77. The molecule has 0 amide bonds. The highest BCUT2D eigenvalue weighted by molar-refractivity contribution is 7.99. The monoisotopic (exact) mass is 374 g/mol. The first kappa shape index (κ1) is 17.8. The minimum absolute atomic E-state index is 0.155. The minimum atomic E-state index is -0.155. The Labute approximate surface area is 159 Å². The highest BCUT2D eigenvalue weighted by Gasteiger charge is 2.34. The van der Waals surface area contributed by atoms with Gasteiger partial charge in [-0.1, -0.05) is 17.8 Å². The Balaban J connectivity index is 1.75. The van der Waals surface area contributed by atoms with Crippen molar-refractivity contribution in [2.24, 2.45) is 0 Å². The lowest BCUT2D eigenvalue weighted by Crippen LogP contribution is -3.27. The van der Waals surface area contributed by atoms with Crippen LogP contribution in [0.3, 0.4) is 0 Å². The summed E-state index contributed by atoms with van der Waals surface area (Å²) in [5, 5.41) is 0. The van der Waals surface area contributed by atoms with Crippen molar-refractivity contribution in [1.29, 1.82) is 0 Å². The summed E-state index contributed by atoms with van der Waals surface area (Å²) in [7, 11) is 2.28. The summed E-state index contributed by atoms with van der Waals surface area (Å²) in [4.78, 5) is 5.55. The number of quaternary nitrogens is 2. The fraction of sp³-hybridized carbons (Fsp3) is 0.429. The number of hydrogen-bond donors (Lipinski definition) is 2. The molecule has 2 aliphatic heterocycles. The van der Waals surface area contributed by atoms with Crippen LogP contribution in [0, 0.1) is 5.82 Å². The molecule has 1 saturated heterocycles. The zero-order valence-electron chi connectivity index (χ0n) is 15.5. The summed E-state index contributed by atoms with van der Waals surface area (Å²) in [5.74, 6) is 0.783. The summed E-state index contributed by atoms with van der Waals surface area (Å²) in [5.41, 5.74) is 2.61. The molecular weight excluding hydrogens is 347 g/mol. The second-order valence-corrected chi connectivity index (χ2v) is 8.44. The molecule has 2 heterocycles. The molecule has 4 rings (SSSR count). The molecule has 5 heteroatoms. The maximum atomic E-state index is 13.8. The molecule has 0 spiro atoms. The lowest BCUT2D eigenvalue weighted by Gasteiger charge is -2.33. The topological polar surface area (TPSA) is 18.1 Å². The van der Waals surface area contributed by atoms with Gasteiger partial charge in [-0.15, -0.1) is 0 Å². The molecule has 138 valence electrons. The predicted octanol–water partition coefficient (Wildman–Crippen LogP) is 1.39. The SMILES string of the molecule is CCOc1ccc2c(c1)[C@@H]([NH+]1CC[NH+](C)CC1)Cc1ccc(F)cc1S2. The second-order valence-electron chi connectivity index (χ2n) is 7.36. The van der Waals surface area contributed by atoms with Crippen molar-refractivity contribution < 1.29 is 18.9 Å². The molecule has 2 aromatic carbocycles. The highest BCUT2D eigenvalue weighted by atomic mass is 32.2. The molecule has 0 aliphatic carbocycles. The van der Waals surface area contributed by atoms with Gasteiger partial charge in [-0.2, -0.15) is 0 Å². The molecule has 2 aliphatic rings. The first-order valence-electron chi connectivity index (χ1n) is 9.53. The Morgan fingerprint density at radius 1 is 1.08 bits per heavy atom. The lowest BCUT2D eigenvalue weighted by atomic mass is 9.96. The normalized spacial score (nSPS) is 25.1. The average molecular weight is 375 g/mol. The first-order valence-corrected chi connectivity index (χ1v) is 10.3. The van der Waals surface area contributed by atoms with Crippen LogP contribution in [0.5, 0.6) is 5.75 Å². The fourth-order valence-corrected chi connectivity index (χ4v) is 5.25. The van der Waals surface area contributed by atoms with Gasteiger partial charge in [0.05, 0.1) is 13.7 Å². The van der Waals surface area contributed by atoms with Crippen LogP contribution in [-0.4, -0.2) is 39.8 Å². The number of halogens is 1. The van der Waals surface area contributed by atoms with Crippen LogP contribution in [-0.2, 0) is 6.42 Å². The van der Waals surface area contributed by atoms with Crippen LogP contribution in [0.4, 0.5) is 4.39 Å². The fourth-order valence-electron chi connectivity index (χ4n) is 4.10. The minimum Gasteiger partial charge on any atom is -0.494 e. The zero-order chi connectivity index (χ0) is 18.1. The Morgan fingerprint density at radius 3 is 2.65 bits per heavy atom. The Bertz CT molecular complexity index is 790. The predicted molar refractivity (Wildman–Crippen MR) is 102 cm³/mol. The molecule has 1 atom stereocenters. The molecule has 2 aromatic rings. The third kappa shape index (κ3) is 3.61. The number of ether oxygens (including phenoxy) is 1. The number of fused-ring (bicyclic) bond motifs is 2. The molecule has 0 saturated carbocycles. The summed E-state index contributed by atoms with van der Waals surface area (Å²) >= 11 is 1.70. The molecule has 0 bridgehead atoms. The van der Waals surface area contributed by atoms with Gasteiger partial charge in [0.25, 0.3) is 0 Å². The smallest absolute Gasteiger partial charge is 0.127 e. The van der Waals surface area contributed by atoms with Gasteiger partial charge in [0, 0.05) is 21.8 Å². The largest absolute Gasteiger partial charge is 0.494 e. The summed E-state index contributed by atoms with van der Waals surface area (Å²) in [6.07, 6.45) is 0.958. The summed E-state index contributed by atoms with van der Waals surface area (Å²) in [6, 6.07) is 12.1. The van der Waals surface area contributed by atoms with Gasteiger partial charge in [-0.3, -0.25) is 0 Å². The van der Waals surface area contributed by atoms with E-state index in [4.69, 9.17) is 4.74 Å². The van der Waals surface area contributed by atoms with Crippen LogP contribution in [0.25, 0.3) is 0 Å². The van der Waals surface area contributed by atoms with Crippen LogP contribution in [0.15, 0.2) is 46.2 Å². The maximum absolute atomic E-state index is 13.8. The number of nitrogens with one attached hydrogen (secondary N) is 2. The van der Waals surface area contributed by atoms with Gasteiger partial charge in [0.1, 0.15) is 43.8 Å². The van der Waals surface area contributed by atoms with Crippen molar-refractivity contribution in [1.82, 2.24) is 0 Å². The Hall–Kier alpha value is -1.56. The number of piperazine rings is 1. The van der Waals surface area contributed by atoms with E-state index in [0.717, 1.165) is 17.1 Å². The molecular formula is C21H27FN2OS+2. The number of rotatable bonds is 3. The molecule has 0 radical (unpaired) electrons. The third-order valence-electron chi connectivity index (χ3n) is 5.58. The van der Waals surface area contributed by atoms with Crippen LogP contribution in [0.1, 0.15) is 24.1 Å². The molecule has 26 heavy (non-hydrogen) atoms. The molecule has 0 aromatic heterocycles. The van der Waals surface area contributed by atoms with Crippen molar-refractivity contribution in [2.45, 2.75) is 29.2 Å². The van der Waals surface area contributed by atoms with Crippen LogP contribution in [0.2, 0.25) is 0 Å². The van der Waals surface area contributed by atoms with Gasteiger partial charge < -0.3 is 14.5 Å². The second kappa shape index (κ2) is 7.59. The quantitative estimate of drug-likeness (QED) is 0.846. The summed E-state index contributed by atoms with van der Waals surface area (Å²) in [6.45, 7) is 7.45. The van der Waals surface area contributed by atoms with Crippen molar-refractivity contribution in [3.05, 3.63) is 53.3 Å². The van der Waals surface area contributed by atoms with Gasteiger partial charge in [-0.05, 0) is 42.8 Å². The number of likely N-dealkylation sites (N-methyl/N-ethyl adjacent to an activating group) is 1. The van der Waals surface area contributed by atoms with E-state index >= 15 is 0 Å². The van der Waals surface area contributed by atoms with E-state index in [1.807, 2.05) is 19.1 Å². The van der Waals surface area contributed by atoms with Gasteiger partial charge in [-0.25, -0.2) is 4.39 Å². The van der Waals surface area contributed by atoms with E-state index in [2.05, 4.69) is 19.2 Å². The standard InChI is InChI=1S/C21H25FN2OS/c1-3-25-17-6-7-20-18(14-17)19(24-10-8-23(2)9-11-24)12-15-4-5-16(22)13-21(15)26-20/h4-7,13-14,19H,3,8-12H2,1-2H3/p+2/t19-/m0/s1. The lowest BCUT2D eigenvalue weighted by molar-refractivity contribution is -1.02. The molecule has 0 unspecified atom stereocenters. The Kier molecular flexibility index (Phi) is 5.20. The van der Waals surface area contributed by atoms with Crippen molar-refractivity contribution in [3.63, 3.8) is 0 Å². The molecule has 3 nitrogen and oxygen atoms in total. The van der Waals surface area contributed by atoms with Crippen LogP contribution < -0.4 is 14.5 Å². The number of hydrogen-bond acceptors (Lipinski definition) is 2. The van der Waals surface area contributed by atoms with E-state index in [1.54, 1.807) is 33.7 Å². The average Bonchev–Trinajstić information content (AvgIpc) is 2.79. The highest BCUT2D eigenvalue weighted by Crippen LogP contribution is 2.41. The van der Waals surface area contributed by atoms with Crippen LogP contribution >= 0.6 is 11.8 Å². The molecule has 1 fully saturated rings. The van der Waals surface area contributed by atoms with Gasteiger partial charge in [0.15, 0.2) is 0 Å². The van der Waals surface area contributed by atoms with E-state index in [9.17, 15) is 4.39 Å². The van der Waals surface area contributed by atoms with E-state index in [-0.39, 0.29) is 5.82 Å². The van der Waals surface area contributed by atoms with Gasteiger partial charge in [0.2, 0.25) is 0 Å². The maximum Gasteiger partial charge on any atom is 0.127 e. The summed E-state index contributed by atoms with van der Waals surface area (Å²) < 4.78 is 19.6. The van der Waals surface area contributed by atoms with Crippen molar-refractivity contribution in [2.75, 3.05) is 39.8 Å². The molecule has 2 N–H and O–H groups in total. The van der Waals surface area contributed by atoms with E-state index < -0.39 is 0 Å². The van der Waals surface area contributed by atoms with Gasteiger partial charge >= 0.3 is 0 Å².